The molecule has 2 aromatic carbocycles. The van der Waals surface area contributed by atoms with Gasteiger partial charge in [0.2, 0.25) is 5.91 Å². The van der Waals surface area contributed by atoms with Crippen LogP contribution >= 0.6 is 11.6 Å². The van der Waals surface area contributed by atoms with E-state index in [2.05, 4.69) is 0 Å². The van der Waals surface area contributed by atoms with Gasteiger partial charge in [0.15, 0.2) is 9.84 Å². The Morgan fingerprint density at radius 1 is 1.10 bits per heavy atom. The summed E-state index contributed by atoms with van der Waals surface area (Å²) >= 11 is 5.99. The van der Waals surface area contributed by atoms with Crippen molar-refractivity contribution in [3.8, 4) is 0 Å². The lowest BCUT2D eigenvalue weighted by molar-refractivity contribution is -0.138. The Kier molecular flexibility index (Phi) is 6.45. The minimum Gasteiger partial charge on any atom is -0.338 e. The predicted molar refractivity (Wildman–Crippen MR) is 112 cm³/mol. The van der Waals surface area contributed by atoms with E-state index in [0.29, 0.717) is 30.6 Å². The average Bonchev–Trinajstić information content (AvgIpc) is 2.69. The molecule has 31 heavy (non-hydrogen) atoms. The lowest BCUT2D eigenvalue weighted by Crippen LogP contribution is -2.48. The molecule has 0 spiro atoms. The Morgan fingerprint density at radius 3 is 2.39 bits per heavy atom. The Balaban J connectivity index is 1.79. The van der Waals surface area contributed by atoms with Crippen LogP contribution in [0.1, 0.15) is 37.8 Å². The number of carbonyl (C=O) groups is 1. The summed E-state index contributed by atoms with van der Waals surface area (Å²) in [4.78, 5) is 14.0. The third-order valence-corrected chi connectivity index (χ3v) is 8.76. The van der Waals surface area contributed by atoms with Crippen molar-refractivity contribution in [2.24, 2.45) is 5.92 Å². The molecule has 0 aromatic heterocycles. The van der Waals surface area contributed by atoms with E-state index in [0.717, 1.165) is 17.7 Å². The van der Waals surface area contributed by atoms with E-state index >= 15 is 0 Å². The van der Waals surface area contributed by atoms with E-state index in [1.807, 2.05) is 6.07 Å². The molecule has 1 amide bonds. The van der Waals surface area contributed by atoms with Gasteiger partial charge in [0.1, 0.15) is 0 Å². The monoisotopic (exact) mass is 473 g/mol. The number of hydrogen-bond donors (Lipinski definition) is 0. The molecule has 168 valence electrons. The van der Waals surface area contributed by atoms with Gasteiger partial charge in [0.25, 0.3) is 0 Å². The summed E-state index contributed by atoms with van der Waals surface area (Å²) in [5, 5.41) is 0.563. The Hall–Kier alpha value is -2.06. The molecule has 0 bridgehead atoms. The molecule has 1 fully saturated rings. The first-order valence-electron chi connectivity index (χ1n) is 9.76. The highest BCUT2D eigenvalue weighted by atomic mass is 35.5. The summed E-state index contributed by atoms with van der Waals surface area (Å²) in [5.41, 5.74) is -0.146. The summed E-state index contributed by atoms with van der Waals surface area (Å²) in [6.45, 7) is 3.69. The third kappa shape index (κ3) is 4.90. The molecule has 2 aromatic rings. The molecule has 0 radical (unpaired) electrons. The quantitative estimate of drug-likeness (QED) is 0.588. The molecule has 3 rings (SSSR count). The molecule has 1 atom stereocenters. The first kappa shape index (κ1) is 23.6. The van der Waals surface area contributed by atoms with Crippen molar-refractivity contribution in [2.45, 2.75) is 49.1 Å². The summed E-state index contributed by atoms with van der Waals surface area (Å²) < 4.78 is 64.2. The van der Waals surface area contributed by atoms with Crippen LogP contribution in [0.2, 0.25) is 5.02 Å². The molecule has 0 aliphatic carbocycles. The second-order valence-corrected chi connectivity index (χ2v) is 11.2. The van der Waals surface area contributed by atoms with Crippen LogP contribution in [0.4, 0.5) is 13.2 Å². The molecular weight excluding hydrogens is 451 g/mol. The number of likely N-dealkylation sites (tertiary alicyclic amines) is 1. The highest BCUT2D eigenvalue weighted by Crippen LogP contribution is 2.40. The summed E-state index contributed by atoms with van der Waals surface area (Å²) in [7, 11) is -4.11. The Bertz CT molecular complexity index is 1080. The summed E-state index contributed by atoms with van der Waals surface area (Å²) in [5.74, 6) is -0.710. The number of sulfone groups is 1. The largest absolute Gasteiger partial charge is 0.416 e. The molecule has 1 aliphatic rings. The number of nitrogens with zero attached hydrogens (tertiary/aromatic N) is 1. The minimum atomic E-state index is -4.64. The first-order valence-corrected chi connectivity index (χ1v) is 11.6. The fraction of sp³-hybridized carbons (Fsp3) is 0.409. The van der Waals surface area contributed by atoms with Crippen LogP contribution in [0.3, 0.4) is 0 Å². The van der Waals surface area contributed by atoms with Gasteiger partial charge in [-0.05, 0) is 62.1 Å². The lowest BCUT2D eigenvalue weighted by Gasteiger charge is -2.39. The minimum absolute atomic E-state index is 0.00571. The zero-order chi connectivity index (χ0) is 23.0. The zero-order valence-corrected chi connectivity index (χ0v) is 18.7. The highest BCUT2D eigenvalue weighted by Gasteiger charge is 2.46. The van der Waals surface area contributed by atoms with E-state index < -0.39 is 32.2 Å². The summed E-state index contributed by atoms with van der Waals surface area (Å²) in [6.07, 6.45) is -4.21. The van der Waals surface area contributed by atoms with Crippen LogP contribution in [0.5, 0.6) is 0 Å². The van der Waals surface area contributed by atoms with Crippen LogP contribution in [-0.2, 0) is 27.4 Å². The topological polar surface area (TPSA) is 54.5 Å². The molecule has 0 saturated carbocycles. The number of hydrogen-bond acceptors (Lipinski definition) is 3. The number of alkyl halides is 3. The number of benzene rings is 2. The molecule has 4 nitrogen and oxygen atoms in total. The van der Waals surface area contributed by atoms with Gasteiger partial charge in [-0.3, -0.25) is 4.79 Å². The Labute approximate surface area is 184 Å². The first-order chi connectivity index (χ1) is 14.3. The van der Waals surface area contributed by atoms with E-state index in [-0.39, 0.29) is 17.2 Å². The van der Waals surface area contributed by atoms with Gasteiger partial charge < -0.3 is 4.90 Å². The number of amides is 1. The maximum atomic E-state index is 13.2. The predicted octanol–water partition coefficient (Wildman–Crippen LogP) is 5.35. The molecule has 1 saturated heterocycles. The highest BCUT2D eigenvalue weighted by molar-refractivity contribution is 7.92. The fourth-order valence-corrected chi connectivity index (χ4v) is 5.86. The van der Waals surface area contributed by atoms with E-state index in [1.54, 1.807) is 23.1 Å². The molecule has 1 unspecified atom stereocenters. The second-order valence-electron chi connectivity index (χ2n) is 8.27. The molecule has 1 aliphatic heterocycles. The van der Waals surface area contributed by atoms with Gasteiger partial charge >= 0.3 is 6.18 Å². The average molecular weight is 474 g/mol. The number of halogens is 4. The zero-order valence-electron chi connectivity index (χ0n) is 17.1. The second kappa shape index (κ2) is 8.47. The van der Waals surface area contributed by atoms with E-state index in [4.69, 9.17) is 11.6 Å². The van der Waals surface area contributed by atoms with Crippen LogP contribution < -0.4 is 0 Å². The van der Waals surface area contributed by atoms with E-state index in [1.165, 1.54) is 19.9 Å². The van der Waals surface area contributed by atoms with Crippen molar-refractivity contribution in [2.75, 3.05) is 6.54 Å². The van der Waals surface area contributed by atoms with Crippen LogP contribution in [0.15, 0.2) is 53.4 Å². The fourth-order valence-electron chi connectivity index (χ4n) is 3.86. The van der Waals surface area contributed by atoms with Gasteiger partial charge in [-0.1, -0.05) is 29.8 Å². The molecule has 9 heteroatoms. The summed E-state index contributed by atoms with van der Waals surface area (Å²) in [6, 6.07) is 10.9. The normalized spacial score (nSPS) is 18.3. The third-order valence-electron chi connectivity index (χ3n) is 5.93. The number of piperidine rings is 1. The van der Waals surface area contributed by atoms with Gasteiger partial charge in [-0.15, -0.1) is 0 Å². The Morgan fingerprint density at radius 2 is 1.77 bits per heavy atom. The van der Waals surface area contributed by atoms with Crippen molar-refractivity contribution in [1.29, 1.82) is 0 Å². The molecule has 1 heterocycles. The van der Waals surface area contributed by atoms with Gasteiger partial charge in [-0.2, -0.15) is 13.2 Å². The van der Waals surface area contributed by atoms with Crippen molar-refractivity contribution >= 4 is 27.3 Å². The lowest BCUT2D eigenvalue weighted by atomic mass is 9.85. The van der Waals surface area contributed by atoms with Crippen LogP contribution in [0.25, 0.3) is 0 Å². The number of carbonyl (C=O) groups excluding carboxylic acids is 1. The SMILES string of the molecule is CC(C)(C1CCN(Cc2cccc(Cl)c2)C(=O)C1)S(=O)(=O)c1cccc(C(F)(F)F)c1. The van der Waals surface area contributed by atoms with Gasteiger partial charge in [0.05, 0.1) is 15.2 Å². The molecular formula is C22H23ClF3NO3S. The molecule has 0 N–H and O–H groups in total. The van der Waals surface area contributed by atoms with E-state index in [9.17, 15) is 26.4 Å². The van der Waals surface area contributed by atoms with Crippen LogP contribution in [0, 0.1) is 5.92 Å². The van der Waals surface area contributed by atoms with Crippen LogP contribution in [-0.4, -0.2) is 30.5 Å². The standard InChI is InChI=1S/C22H23ClF3NO3S/c1-21(2,31(29,30)19-8-4-6-17(12-19)22(24,25)26)16-9-10-27(20(28)13-16)14-15-5-3-7-18(23)11-15/h3-8,11-12,16H,9-10,13-14H2,1-2H3. The maximum Gasteiger partial charge on any atom is 0.416 e. The van der Waals surface area contributed by atoms with Gasteiger partial charge in [0, 0.05) is 24.5 Å². The smallest absolute Gasteiger partial charge is 0.338 e. The maximum absolute atomic E-state index is 13.2. The number of rotatable bonds is 5. The van der Waals surface area contributed by atoms with Gasteiger partial charge in [-0.25, -0.2) is 8.42 Å². The van der Waals surface area contributed by atoms with Crippen molar-refractivity contribution < 1.29 is 26.4 Å². The van der Waals surface area contributed by atoms with Crippen molar-refractivity contribution in [3.63, 3.8) is 0 Å². The van der Waals surface area contributed by atoms with Crippen molar-refractivity contribution in [1.82, 2.24) is 4.90 Å². The van der Waals surface area contributed by atoms with Crippen molar-refractivity contribution in [3.05, 3.63) is 64.7 Å².